The zero-order valence-corrected chi connectivity index (χ0v) is 19.9. The number of urea groups is 1. The van der Waals surface area contributed by atoms with Crippen LogP contribution in [0.2, 0.25) is 5.02 Å². The zero-order valence-electron chi connectivity index (χ0n) is 19.1. The zero-order chi connectivity index (χ0) is 25.0. The topological polar surface area (TPSA) is 116 Å². The molecule has 3 aromatic rings. The Morgan fingerprint density at radius 1 is 1.09 bits per heavy atom. The average molecular weight is 486 g/mol. The summed E-state index contributed by atoms with van der Waals surface area (Å²) in [6.45, 7) is 3.09. The first-order valence-corrected chi connectivity index (χ1v) is 10.7. The molecule has 0 spiro atoms. The predicted molar refractivity (Wildman–Crippen MR) is 126 cm³/mol. The molecule has 1 atom stereocenters. The molecular formula is C24H24ClN3O6. The Morgan fingerprint density at radius 2 is 1.76 bits per heavy atom. The number of carbonyl (C=O) groups excluding carboxylic acids is 4. The highest BCUT2D eigenvalue weighted by atomic mass is 35.5. The molecular weight excluding hydrogens is 462 g/mol. The van der Waals surface area contributed by atoms with E-state index in [1.807, 2.05) is 0 Å². The van der Waals surface area contributed by atoms with Crippen LogP contribution in [0.5, 0.6) is 5.75 Å². The summed E-state index contributed by atoms with van der Waals surface area (Å²) >= 11 is 5.95. The van der Waals surface area contributed by atoms with Gasteiger partial charge >= 0.3 is 12.0 Å². The summed E-state index contributed by atoms with van der Waals surface area (Å²) in [5.74, 6) is -1.19. The summed E-state index contributed by atoms with van der Waals surface area (Å²) in [5, 5.41) is 5.45. The molecule has 0 aliphatic rings. The van der Waals surface area contributed by atoms with Crippen molar-refractivity contribution in [3.05, 3.63) is 64.3 Å². The lowest BCUT2D eigenvalue weighted by atomic mass is 10.1. The number of amides is 3. The number of aromatic nitrogens is 1. The molecule has 0 saturated heterocycles. The molecule has 0 fully saturated rings. The molecule has 9 nitrogen and oxygen atoms in total. The van der Waals surface area contributed by atoms with Crippen molar-refractivity contribution in [2.75, 3.05) is 14.2 Å². The van der Waals surface area contributed by atoms with E-state index in [4.69, 9.17) is 21.1 Å². The van der Waals surface area contributed by atoms with Gasteiger partial charge in [0.05, 0.1) is 19.0 Å². The molecule has 3 rings (SSSR count). The maximum absolute atomic E-state index is 13.3. The summed E-state index contributed by atoms with van der Waals surface area (Å²) in [6, 6.07) is 11.0. The van der Waals surface area contributed by atoms with Crippen molar-refractivity contribution in [1.29, 1.82) is 0 Å². The van der Waals surface area contributed by atoms with Crippen molar-refractivity contribution in [2.45, 2.75) is 26.4 Å². The molecule has 3 amide bonds. The normalized spacial score (nSPS) is 11.6. The summed E-state index contributed by atoms with van der Waals surface area (Å²) in [4.78, 5) is 49.3. The number of fused-ring (bicyclic) bond motifs is 1. The van der Waals surface area contributed by atoms with Crippen LogP contribution in [0.25, 0.3) is 10.9 Å². The molecule has 1 heterocycles. The van der Waals surface area contributed by atoms with Crippen molar-refractivity contribution < 1.29 is 28.7 Å². The minimum atomic E-state index is -1.19. The maximum Gasteiger partial charge on any atom is 0.321 e. The van der Waals surface area contributed by atoms with E-state index < -0.39 is 24.0 Å². The summed E-state index contributed by atoms with van der Waals surface area (Å²) in [6.07, 6.45) is -1.39. The molecule has 0 aliphatic heterocycles. The van der Waals surface area contributed by atoms with Crippen LogP contribution in [-0.4, -0.2) is 48.6 Å². The number of nitrogens with zero attached hydrogens (tertiary/aromatic N) is 1. The Kier molecular flexibility index (Phi) is 7.57. The van der Waals surface area contributed by atoms with Crippen molar-refractivity contribution >= 4 is 46.3 Å². The fourth-order valence-corrected chi connectivity index (χ4v) is 3.63. The molecule has 1 aromatic heterocycles. The smallest absolute Gasteiger partial charge is 0.321 e. The lowest BCUT2D eigenvalue weighted by Crippen LogP contribution is -2.43. The monoisotopic (exact) mass is 485 g/mol. The third-order valence-electron chi connectivity index (χ3n) is 5.30. The number of carbonyl (C=O) groups is 4. The Hall–Kier alpha value is -3.85. The van der Waals surface area contributed by atoms with Gasteiger partial charge in [-0.25, -0.2) is 4.79 Å². The van der Waals surface area contributed by atoms with Crippen molar-refractivity contribution in [2.24, 2.45) is 0 Å². The lowest BCUT2D eigenvalue weighted by Gasteiger charge is -2.13. The fraction of sp³-hybridized carbons (Fsp3) is 0.250. The van der Waals surface area contributed by atoms with E-state index in [-0.39, 0.29) is 12.3 Å². The molecule has 0 aliphatic carbocycles. The SMILES string of the molecule is CNC(=O)NC(=O)C(C)OC(=O)Cc1c(C)n(C(=O)c2ccc(Cl)cc2)c2ccc(OC)cc12. The molecule has 178 valence electrons. The fourth-order valence-electron chi connectivity index (χ4n) is 3.51. The van der Waals surface area contributed by atoms with Gasteiger partial charge < -0.3 is 14.8 Å². The van der Waals surface area contributed by atoms with E-state index in [2.05, 4.69) is 10.6 Å². The van der Waals surface area contributed by atoms with Gasteiger partial charge in [-0.2, -0.15) is 0 Å². The third kappa shape index (κ3) is 5.20. The van der Waals surface area contributed by atoms with Crippen LogP contribution >= 0.6 is 11.6 Å². The number of imide groups is 1. The van der Waals surface area contributed by atoms with Crippen molar-refractivity contribution in [3.8, 4) is 5.75 Å². The van der Waals surface area contributed by atoms with Crippen LogP contribution in [0.15, 0.2) is 42.5 Å². The van der Waals surface area contributed by atoms with E-state index in [0.29, 0.717) is 38.5 Å². The molecule has 1 unspecified atom stereocenters. The lowest BCUT2D eigenvalue weighted by molar-refractivity contribution is -0.153. The van der Waals surface area contributed by atoms with Crippen molar-refractivity contribution in [1.82, 2.24) is 15.2 Å². The third-order valence-corrected chi connectivity index (χ3v) is 5.55. The highest BCUT2D eigenvalue weighted by Crippen LogP contribution is 2.31. The first kappa shape index (κ1) is 24.8. The predicted octanol–water partition coefficient (Wildman–Crippen LogP) is 3.23. The number of rotatable bonds is 6. The van der Waals surface area contributed by atoms with Crippen LogP contribution in [-0.2, 0) is 20.7 Å². The number of hydrogen-bond donors (Lipinski definition) is 2. The molecule has 0 radical (unpaired) electrons. The number of ether oxygens (including phenoxy) is 2. The minimum absolute atomic E-state index is 0.200. The van der Waals surface area contributed by atoms with Gasteiger partial charge in [-0.1, -0.05) is 11.6 Å². The van der Waals surface area contributed by atoms with Gasteiger partial charge in [-0.3, -0.25) is 24.3 Å². The van der Waals surface area contributed by atoms with Gasteiger partial charge in [-0.15, -0.1) is 0 Å². The molecule has 0 saturated carbocycles. The maximum atomic E-state index is 13.3. The second-order valence-corrected chi connectivity index (χ2v) is 7.91. The molecule has 0 bridgehead atoms. The number of nitrogens with one attached hydrogen (secondary N) is 2. The van der Waals surface area contributed by atoms with Crippen LogP contribution in [0.4, 0.5) is 4.79 Å². The van der Waals surface area contributed by atoms with E-state index in [1.165, 1.54) is 25.6 Å². The first-order chi connectivity index (χ1) is 16.2. The van der Waals surface area contributed by atoms with Crippen molar-refractivity contribution in [3.63, 3.8) is 0 Å². The molecule has 10 heteroatoms. The van der Waals surface area contributed by atoms with Gasteiger partial charge in [0.1, 0.15) is 5.75 Å². The minimum Gasteiger partial charge on any atom is -0.497 e. The largest absolute Gasteiger partial charge is 0.497 e. The van der Waals surface area contributed by atoms with E-state index >= 15 is 0 Å². The first-order valence-electron chi connectivity index (χ1n) is 10.4. The molecule has 2 aromatic carbocycles. The Bertz CT molecular complexity index is 1270. The Balaban J connectivity index is 1.95. The van der Waals surface area contributed by atoms with E-state index in [1.54, 1.807) is 49.4 Å². The van der Waals surface area contributed by atoms with Crippen LogP contribution in [0.3, 0.4) is 0 Å². The summed E-state index contributed by atoms with van der Waals surface area (Å²) < 4.78 is 12.1. The Labute approximate surface area is 201 Å². The molecule has 2 N–H and O–H groups in total. The van der Waals surface area contributed by atoms with Crippen LogP contribution in [0.1, 0.15) is 28.5 Å². The molecule has 34 heavy (non-hydrogen) atoms. The van der Waals surface area contributed by atoms with Gasteiger partial charge in [0.25, 0.3) is 11.8 Å². The highest BCUT2D eigenvalue weighted by molar-refractivity contribution is 6.30. The van der Waals surface area contributed by atoms with Gasteiger partial charge in [0.2, 0.25) is 0 Å². The average Bonchev–Trinajstić information content (AvgIpc) is 3.09. The number of methoxy groups -OCH3 is 1. The van der Waals surface area contributed by atoms with Gasteiger partial charge in [0.15, 0.2) is 6.10 Å². The van der Waals surface area contributed by atoms with Crippen LogP contribution < -0.4 is 15.4 Å². The van der Waals surface area contributed by atoms with E-state index in [0.717, 1.165) is 0 Å². The number of halogens is 1. The van der Waals surface area contributed by atoms with Gasteiger partial charge in [0, 0.05) is 28.7 Å². The standard InChI is InChI=1S/C24H24ClN3O6/c1-13-18(12-21(29)34-14(2)22(30)27-24(32)26-3)19-11-17(33-4)9-10-20(19)28(13)23(31)15-5-7-16(25)8-6-15/h5-11,14H,12H2,1-4H3,(H2,26,27,30,32). The second kappa shape index (κ2) is 10.4. The summed E-state index contributed by atoms with van der Waals surface area (Å²) in [7, 11) is 2.88. The van der Waals surface area contributed by atoms with Gasteiger partial charge in [-0.05, 0) is 61.9 Å². The second-order valence-electron chi connectivity index (χ2n) is 7.47. The quantitative estimate of drug-likeness (QED) is 0.518. The summed E-state index contributed by atoms with van der Waals surface area (Å²) in [5.41, 5.74) is 2.11. The van der Waals surface area contributed by atoms with E-state index in [9.17, 15) is 19.2 Å². The number of hydrogen-bond acceptors (Lipinski definition) is 6. The Morgan fingerprint density at radius 3 is 2.38 bits per heavy atom. The highest BCUT2D eigenvalue weighted by Gasteiger charge is 2.25. The number of esters is 1. The van der Waals surface area contributed by atoms with Crippen LogP contribution in [0, 0.1) is 6.92 Å². The number of benzene rings is 2.